The van der Waals surface area contributed by atoms with E-state index in [1.165, 1.54) is 0 Å². The normalized spacial score (nSPS) is 11.2. The summed E-state index contributed by atoms with van der Waals surface area (Å²) >= 11 is 0. The highest BCUT2D eigenvalue weighted by Crippen LogP contribution is 2.27. The number of furan rings is 1. The summed E-state index contributed by atoms with van der Waals surface area (Å²) in [5.41, 5.74) is 3.33. The number of anilines is 1. The van der Waals surface area contributed by atoms with E-state index in [0.29, 0.717) is 18.9 Å². The van der Waals surface area contributed by atoms with Gasteiger partial charge in [-0.3, -0.25) is 4.79 Å². The van der Waals surface area contributed by atoms with Gasteiger partial charge in [0.15, 0.2) is 5.76 Å². The molecule has 0 saturated heterocycles. The minimum Gasteiger partial charge on any atom is -0.451 e. The average molecular weight is 338 g/mol. The van der Waals surface area contributed by atoms with Crippen LogP contribution in [-0.4, -0.2) is 32.0 Å². The van der Waals surface area contributed by atoms with E-state index in [9.17, 15) is 4.79 Å². The molecule has 1 heterocycles. The van der Waals surface area contributed by atoms with Crippen LogP contribution in [0.3, 0.4) is 0 Å². The van der Waals surface area contributed by atoms with Crippen LogP contribution in [0.1, 0.15) is 21.7 Å². The summed E-state index contributed by atoms with van der Waals surface area (Å²) in [4.78, 5) is 14.8. The third-order valence-electron chi connectivity index (χ3n) is 3.87. The van der Waals surface area contributed by atoms with Gasteiger partial charge in [-0.1, -0.05) is 30.3 Å². The van der Waals surface area contributed by atoms with Crippen molar-refractivity contribution < 1.29 is 13.9 Å². The van der Waals surface area contributed by atoms with E-state index in [-0.39, 0.29) is 5.91 Å². The SMILES string of the molecule is COCc1cccc(NC(=O)c2oc3ccccc3c2CN(C)C)c1. The third-order valence-corrected chi connectivity index (χ3v) is 3.87. The second kappa shape index (κ2) is 7.51. The van der Waals surface area contributed by atoms with Crippen LogP contribution < -0.4 is 5.32 Å². The van der Waals surface area contributed by atoms with Crippen LogP contribution >= 0.6 is 0 Å². The summed E-state index contributed by atoms with van der Waals surface area (Å²) in [6.07, 6.45) is 0. The van der Waals surface area contributed by atoms with Crippen molar-refractivity contribution in [3.63, 3.8) is 0 Å². The number of para-hydroxylation sites is 1. The first-order valence-corrected chi connectivity index (χ1v) is 8.13. The molecule has 1 amide bonds. The number of nitrogens with one attached hydrogen (secondary N) is 1. The molecule has 5 nitrogen and oxygen atoms in total. The lowest BCUT2D eigenvalue weighted by Crippen LogP contribution is -2.17. The van der Waals surface area contributed by atoms with Crippen molar-refractivity contribution in [2.24, 2.45) is 0 Å². The molecule has 130 valence electrons. The van der Waals surface area contributed by atoms with Crippen LogP contribution in [0, 0.1) is 0 Å². The zero-order chi connectivity index (χ0) is 17.8. The highest BCUT2D eigenvalue weighted by atomic mass is 16.5. The van der Waals surface area contributed by atoms with Crippen LogP contribution in [0.2, 0.25) is 0 Å². The molecule has 0 aliphatic rings. The number of methoxy groups -OCH3 is 1. The molecule has 1 aromatic heterocycles. The first-order chi connectivity index (χ1) is 12.1. The topological polar surface area (TPSA) is 54.7 Å². The lowest BCUT2D eigenvalue weighted by molar-refractivity contribution is 0.0996. The van der Waals surface area contributed by atoms with Crippen LogP contribution in [0.15, 0.2) is 52.9 Å². The van der Waals surface area contributed by atoms with Crippen LogP contribution in [0.4, 0.5) is 5.69 Å². The smallest absolute Gasteiger partial charge is 0.291 e. The summed E-state index contributed by atoms with van der Waals surface area (Å²) in [6, 6.07) is 15.3. The molecule has 3 rings (SSSR count). The number of fused-ring (bicyclic) bond motifs is 1. The van der Waals surface area contributed by atoms with Gasteiger partial charge in [-0.25, -0.2) is 0 Å². The molecule has 0 saturated carbocycles. The van der Waals surface area contributed by atoms with E-state index in [0.717, 1.165) is 27.8 Å². The molecule has 1 N–H and O–H groups in total. The number of benzene rings is 2. The predicted molar refractivity (Wildman–Crippen MR) is 98.7 cm³/mol. The molecule has 3 aromatic rings. The molecule has 0 fully saturated rings. The van der Waals surface area contributed by atoms with E-state index in [1.807, 2.05) is 67.5 Å². The minimum atomic E-state index is -0.248. The van der Waals surface area contributed by atoms with Gasteiger partial charge in [0.25, 0.3) is 5.91 Å². The molecule has 2 aromatic carbocycles. The Balaban J connectivity index is 1.92. The zero-order valence-electron chi connectivity index (χ0n) is 14.7. The molecule has 25 heavy (non-hydrogen) atoms. The van der Waals surface area contributed by atoms with Crippen molar-refractivity contribution in [3.05, 3.63) is 65.4 Å². The van der Waals surface area contributed by atoms with Crippen molar-refractivity contribution in [1.82, 2.24) is 4.90 Å². The number of rotatable bonds is 6. The van der Waals surface area contributed by atoms with Crippen molar-refractivity contribution in [1.29, 1.82) is 0 Å². The Hall–Kier alpha value is -2.63. The summed E-state index contributed by atoms with van der Waals surface area (Å²) < 4.78 is 11.0. The number of ether oxygens (including phenoxy) is 1. The third kappa shape index (κ3) is 3.90. The second-order valence-electron chi connectivity index (χ2n) is 6.23. The monoisotopic (exact) mass is 338 g/mol. The highest BCUT2D eigenvalue weighted by molar-refractivity contribution is 6.06. The molecule has 0 aliphatic carbocycles. The van der Waals surface area contributed by atoms with Crippen LogP contribution in [-0.2, 0) is 17.9 Å². The number of hydrogen-bond donors (Lipinski definition) is 1. The van der Waals surface area contributed by atoms with E-state index in [2.05, 4.69) is 5.32 Å². The van der Waals surface area contributed by atoms with E-state index in [4.69, 9.17) is 9.15 Å². The molecular weight excluding hydrogens is 316 g/mol. The van der Waals surface area contributed by atoms with E-state index in [1.54, 1.807) is 7.11 Å². The highest BCUT2D eigenvalue weighted by Gasteiger charge is 2.21. The minimum absolute atomic E-state index is 0.248. The number of hydrogen-bond acceptors (Lipinski definition) is 4. The Labute approximate surface area is 147 Å². The Morgan fingerprint density at radius 3 is 2.72 bits per heavy atom. The van der Waals surface area contributed by atoms with Crippen LogP contribution in [0.5, 0.6) is 0 Å². The molecule has 5 heteroatoms. The van der Waals surface area contributed by atoms with Gasteiger partial charge in [0, 0.05) is 30.3 Å². The Kier molecular flexibility index (Phi) is 5.16. The van der Waals surface area contributed by atoms with Crippen molar-refractivity contribution in [3.8, 4) is 0 Å². The van der Waals surface area contributed by atoms with Gasteiger partial charge in [-0.2, -0.15) is 0 Å². The summed E-state index contributed by atoms with van der Waals surface area (Å²) in [5, 5.41) is 3.89. The van der Waals surface area contributed by atoms with Gasteiger partial charge in [0.2, 0.25) is 0 Å². The fourth-order valence-electron chi connectivity index (χ4n) is 2.85. The summed E-state index contributed by atoms with van der Waals surface area (Å²) in [5.74, 6) is 0.106. The maximum absolute atomic E-state index is 12.8. The molecule has 0 atom stereocenters. The Bertz CT molecular complexity index is 884. The van der Waals surface area contributed by atoms with Gasteiger partial charge >= 0.3 is 0 Å². The number of carbonyl (C=O) groups excluding carboxylic acids is 1. The maximum atomic E-state index is 12.8. The summed E-state index contributed by atoms with van der Waals surface area (Å²) in [7, 11) is 5.59. The van der Waals surface area contributed by atoms with Gasteiger partial charge in [0.1, 0.15) is 5.58 Å². The van der Waals surface area contributed by atoms with E-state index >= 15 is 0 Å². The fraction of sp³-hybridized carbons (Fsp3) is 0.250. The van der Waals surface area contributed by atoms with Gasteiger partial charge in [-0.15, -0.1) is 0 Å². The first-order valence-electron chi connectivity index (χ1n) is 8.13. The number of nitrogens with zero attached hydrogens (tertiary/aromatic N) is 1. The van der Waals surface area contributed by atoms with Crippen molar-refractivity contribution in [2.75, 3.05) is 26.5 Å². The standard InChI is InChI=1S/C20H22N2O3/c1-22(2)12-17-16-9-4-5-10-18(16)25-19(17)20(23)21-15-8-6-7-14(11-15)13-24-3/h4-11H,12-13H2,1-3H3,(H,21,23). The Morgan fingerprint density at radius 1 is 1.16 bits per heavy atom. The molecule has 0 spiro atoms. The quantitative estimate of drug-likeness (QED) is 0.741. The average Bonchev–Trinajstić information content (AvgIpc) is 2.94. The second-order valence-corrected chi connectivity index (χ2v) is 6.23. The van der Waals surface area contributed by atoms with Gasteiger partial charge in [-0.05, 0) is 37.9 Å². The lowest BCUT2D eigenvalue weighted by atomic mass is 10.1. The predicted octanol–water partition coefficient (Wildman–Crippen LogP) is 3.89. The van der Waals surface area contributed by atoms with Gasteiger partial charge in [0.05, 0.1) is 6.61 Å². The maximum Gasteiger partial charge on any atom is 0.291 e. The van der Waals surface area contributed by atoms with Crippen molar-refractivity contribution >= 4 is 22.6 Å². The van der Waals surface area contributed by atoms with E-state index < -0.39 is 0 Å². The largest absolute Gasteiger partial charge is 0.451 e. The molecule has 0 unspecified atom stereocenters. The number of amides is 1. The Morgan fingerprint density at radius 2 is 1.96 bits per heavy atom. The number of carbonyl (C=O) groups is 1. The molecular formula is C20H22N2O3. The fourth-order valence-corrected chi connectivity index (χ4v) is 2.85. The summed E-state index contributed by atoms with van der Waals surface area (Å²) in [6.45, 7) is 1.13. The van der Waals surface area contributed by atoms with Crippen molar-refractivity contribution in [2.45, 2.75) is 13.2 Å². The zero-order valence-corrected chi connectivity index (χ0v) is 14.7. The molecule has 0 radical (unpaired) electrons. The van der Waals surface area contributed by atoms with Crippen LogP contribution in [0.25, 0.3) is 11.0 Å². The first kappa shape index (κ1) is 17.2. The lowest BCUT2D eigenvalue weighted by Gasteiger charge is -2.11. The molecule has 0 bridgehead atoms. The molecule has 0 aliphatic heterocycles. The van der Waals surface area contributed by atoms with Gasteiger partial charge < -0.3 is 19.4 Å².